The lowest BCUT2D eigenvalue weighted by atomic mass is 9.88. The van der Waals surface area contributed by atoms with Crippen molar-refractivity contribution in [3.05, 3.63) is 35.4 Å². The fourth-order valence-electron chi connectivity index (χ4n) is 5.12. The van der Waals surface area contributed by atoms with E-state index in [0.717, 1.165) is 18.7 Å². The SMILES string of the molecule is CC(=O)OC[C@H]1O[C@@H](C[C@@H]2COC(C)(C)O2)[C@H](N2C(=O)c3ccccc3C2=O)[C@@H](OC(C)=O)[C@@H]1OC(C)=O. The van der Waals surface area contributed by atoms with E-state index in [9.17, 15) is 24.0 Å². The molecule has 38 heavy (non-hydrogen) atoms. The van der Waals surface area contributed by atoms with E-state index in [1.54, 1.807) is 26.0 Å². The number of esters is 3. The van der Waals surface area contributed by atoms with Crippen LogP contribution in [0.25, 0.3) is 0 Å². The molecule has 0 N–H and O–H groups in total. The summed E-state index contributed by atoms with van der Waals surface area (Å²) in [6, 6.07) is 5.12. The van der Waals surface area contributed by atoms with E-state index in [1.165, 1.54) is 19.1 Å². The number of benzene rings is 1. The zero-order valence-electron chi connectivity index (χ0n) is 21.8. The molecule has 12 heteroatoms. The molecule has 0 radical (unpaired) electrons. The molecule has 1 aromatic rings. The molecule has 0 saturated carbocycles. The standard InChI is InChI=1S/C26H31NO11/c1-13(28)33-12-20-22(35-14(2)29)23(36-15(3)30)21(19(37-20)10-16-11-34-26(4,5)38-16)27-24(31)17-8-6-7-9-18(17)25(27)32/h6-9,16,19-23H,10-12H2,1-5H3/t16-,19+,20-,21+,22-,23-/m1/s1. The fourth-order valence-corrected chi connectivity index (χ4v) is 5.12. The van der Waals surface area contributed by atoms with E-state index < -0.39 is 72.1 Å². The molecule has 3 aliphatic rings. The highest BCUT2D eigenvalue weighted by molar-refractivity contribution is 6.21. The van der Waals surface area contributed by atoms with Crippen molar-refractivity contribution in [1.82, 2.24) is 4.90 Å². The van der Waals surface area contributed by atoms with E-state index in [0.29, 0.717) is 0 Å². The number of imide groups is 1. The Bertz CT molecular complexity index is 1100. The summed E-state index contributed by atoms with van der Waals surface area (Å²) < 4.78 is 34.2. The first-order chi connectivity index (χ1) is 17.9. The second kappa shape index (κ2) is 10.8. The first-order valence-corrected chi connectivity index (χ1v) is 12.3. The second-order valence-corrected chi connectivity index (χ2v) is 9.87. The van der Waals surface area contributed by atoms with Gasteiger partial charge < -0.3 is 28.4 Å². The quantitative estimate of drug-likeness (QED) is 0.285. The molecule has 2 fully saturated rings. The molecule has 6 atom stereocenters. The van der Waals surface area contributed by atoms with Gasteiger partial charge in [-0.1, -0.05) is 12.1 Å². The fraction of sp³-hybridized carbons (Fsp3) is 0.577. The Morgan fingerprint density at radius 2 is 1.50 bits per heavy atom. The molecule has 2 amide bonds. The maximum absolute atomic E-state index is 13.5. The zero-order valence-corrected chi connectivity index (χ0v) is 21.8. The molecule has 0 spiro atoms. The van der Waals surface area contributed by atoms with Crippen LogP contribution in [-0.2, 0) is 42.8 Å². The molecular formula is C26H31NO11. The number of rotatable bonds is 7. The predicted octanol–water partition coefficient (Wildman–Crippen LogP) is 1.39. The van der Waals surface area contributed by atoms with E-state index in [1.807, 2.05) is 0 Å². The zero-order chi connectivity index (χ0) is 27.8. The summed E-state index contributed by atoms with van der Waals surface area (Å²) in [7, 11) is 0. The van der Waals surface area contributed by atoms with Crippen LogP contribution in [0.2, 0.25) is 0 Å². The van der Waals surface area contributed by atoms with Gasteiger partial charge in [0.15, 0.2) is 18.0 Å². The maximum atomic E-state index is 13.5. The Balaban J connectivity index is 1.78. The van der Waals surface area contributed by atoms with Crippen molar-refractivity contribution < 1.29 is 52.4 Å². The van der Waals surface area contributed by atoms with Crippen LogP contribution in [0.15, 0.2) is 24.3 Å². The van der Waals surface area contributed by atoms with Crippen molar-refractivity contribution in [2.75, 3.05) is 13.2 Å². The Labute approximate surface area is 219 Å². The van der Waals surface area contributed by atoms with Crippen LogP contribution < -0.4 is 0 Å². The molecule has 2 saturated heterocycles. The van der Waals surface area contributed by atoms with E-state index in [-0.39, 0.29) is 30.8 Å². The normalized spacial score (nSPS) is 30.1. The Morgan fingerprint density at radius 3 is 2.00 bits per heavy atom. The number of ether oxygens (including phenoxy) is 6. The third kappa shape index (κ3) is 5.71. The van der Waals surface area contributed by atoms with Gasteiger partial charge in [-0.25, -0.2) is 0 Å². The van der Waals surface area contributed by atoms with Crippen LogP contribution in [0, 0.1) is 0 Å². The Hall–Kier alpha value is -3.35. The first-order valence-electron chi connectivity index (χ1n) is 12.3. The molecule has 206 valence electrons. The molecule has 0 unspecified atom stereocenters. The first kappa shape index (κ1) is 27.7. The van der Waals surface area contributed by atoms with E-state index in [2.05, 4.69) is 0 Å². The van der Waals surface area contributed by atoms with Gasteiger partial charge in [0.25, 0.3) is 11.8 Å². The molecule has 3 aliphatic heterocycles. The van der Waals surface area contributed by atoms with Crippen molar-refractivity contribution in [2.24, 2.45) is 0 Å². The Morgan fingerprint density at radius 1 is 0.921 bits per heavy atom. The number of amides is 2. The van der Waals surface area contributed by atoms with Gasteiger partial charge in [0.05, 0.1) is 29.9 Å². The average molecular weight is 534 g/mol. The summed E-state index contributed by atoms with van der Waals surface area (Å²) in [6.45, 7) is 6.90. The summed E-state index contributed by atoms with van der Waals surface area (Å²) >= 11 is 0. The number of carbonyl (C=O) groups excluding carboxylic acids is 5. The lowest BCUT2D eigenvalue weighted by Crippen LogP contribution is -2.67. The number of carbonyl (C=O) groups is 5. The molecule has 4 rings (SSSR count). The second-order valence-electron chi connectivity index (χ2n) is 9.87. The van der Waals surface area contributed by atoms with Crippen LogP contribution in [-0.4, -0.2) is 90.2 Å². The van der Waals surface area contributed by atoms with Crippen LogP contribution >= 0.6 is 0 Å². The minimum atomic E-state index is -1.33. The summed E-state index contributed by atoms with van der Waals surface area (Å²) in [5, 5.41) is 0. The summed E-state index contributed by atoms with van der Waals surface area (Å²) in [5.41, 5.74) is 0.371. The van der Waals surface area contributed by atoms with E-state index >= 15 is 0 Å². The minimum Gasteiger partial charge on any atom is -0.463 e. The molecule has 0 aromatic heterocycles. The van der Waals surface area contributed by atoms with Crippen LogP contribution in [0.1, 0.15) is 61.8 Å². The van der Waals surface area contributed by atoms with Gasteiger partial charge in [-0.05, 0) is 26.0 Å². The van der Waals surface area contributed by atoms with Crippen LogP contribution in [0.5, 0.6) is 0 Å². The number of hydrogen-bond acceptors (Lipinski definition) is 11. The summed E-state index contributed by atoms with van der Waals surface area (Å²) in [6.07, 6.45) is -5.02. The number of hydrogen-bond donors (Lipinski definition) is 0. The van der Waals surface area contributed by atoms with E-state index in [4.69, 9.17) is 28.4 Å². The molecule has 12 nitrogen and oxygen atoms in total. The topological polar surface area (TPSA) is 144 Å². The van der Waals surface area contributed by atoms with Crippen molar-refractivity contribution in [3.8, 4) is 0 Å². The summed E-state index contributed by atoms with van der Waals surface area (Å²) in [5.74, 6) is -4.14. The highest BCUT2D eigenvalue weighted by atomic mass is 16.7. The number of fused-ring (bicyclic) bond motifs is 1. The van der Waals surface area contributed by atoms with Crippen molar-refractivity contribution >= 4 is 29.7 Å². The van der Waals surface area contributed by atoms with Crippen LogP contribution in [0.3, 0.4) is 0 Å². The largest absolute Gasteiger partial charge is 0.463 e. The van der Waals surface area contributed by atoms with Gasteiger partial charge in [0.1, 0.15) is 18.8 Å². The van der Waals surface area contributed by atoms with Gasteiger partial charge in [-0.3, -0.25) is 28.9 Å². The number of nitrogens with zero attached hydrogens (tertiary/aromatic N) is 1. The Kier molecular flexibility index (Phi) is 7.86. The van der Waals surface area contributed by atoms with Gasteiger partial charge in [-0.2, -0.15) is 0 Å². The lowest BCUT2D eigenvalue weighted by Gasteiger charge is -2.48. The molecule has 0 aliphatic carbocycles. The average Bonchev–Trinajstić information content (AvgIpc) is 3.29. The van der Waals surface area contributed by atoms with Gasteiger partial charge in [0, 0.05) is 27.2 Å². The summed E-state index contributed by atoms with van der Waals surface area (Å²) in [4.78, 5) is 64.0. The van der Waals surface area contributed by atoms with Gasteiger partial charge in [0.2, 0.25) is 0 Å². The monoisotopic (exact) mass is 533 g/mol. The molecule has 1 aromatic carbocycles. The van der Waals surface area contributed by atoms with Crippen molar-refractivity contribution in [2.45, 2.75) is 83.4 Å². The van der Waals surface area contributed by atoms with Crippen LogP contribution in [0.4, 0.5) is 0 Å². The highest BCUT2D eigenvalue weighted by Gasteiger charge is 2.57. The predicted molar refractivity (Wildman–Crippen MR) is 127 cm³/mol. The van der Waals surface area contributed by atoms with Crippen molar-refractivity contribution in [1.29, 1.82) is 0 Å². The highest BCUT2D eigenvalue weighted by Crippen LogP contribution is 2.38. The van der Waals surface area contributed by atoms with Gasteiger partial charge >= 0.3 is 17.9 Å². The molecule has 0 bridgehead atoms. The van der Waals surface area contributed by atoms with Gasteiger partial charge in [-0.15, -0.1) is 0 Å². The third-order valence-electron chi connectivity index (χ3n) is 6.50. The molecular weight excluding hydrogens is 502 g/mol. The maximum Gasteiger partial charge on any atom is 0.303 e. The minimum absolute atomic E-state index is 0.128. The smallest absolute Gasteiger partial charge is 0.303 e. The van der Waals surface area contributed by atoms with Crippen molar-refractivity contribution in [3.63, 3.8) is 0 Å². The lowest BCUT2D eigenvalue weighted by molar-refractivity contribution is -0.234. The molecule has 3 heterocycles. The third-order valence-corrected chi connectivity index (χ3v) is 6.50.